The Hall–Kier alpha value is -0.850. The van der Waals surface area contributed by atoms with Crippen LogP contribution in [0.2, 0.25) is 5.15 Å². The van der Waals surface area contributed by atoms with Gasteiger partial charge in [-0.1, -0.05) is 22.9 Å². The molecule has 1 aliphatic heterocycles. The summed E-state index contributed by atoms with van der Waals surface area (Å²) >= 11 is 6.97. The van der Waals surface area contributed by atoms with E-state index in [1.807, 2.05) is 32.6 Å². The van der Waals surface area contributed by atoms with E-state index in [4.69, 9.17) is 21.4 Å². The van der Waals surface area contributed by atoms with Crippen LogP contribution in [0.3, 0.4) is 0 Å². The van der Waals surface area contributed by atoms with E-state index in [0.717, 1.165) is 11.3 Å². The number of halogens is 1. The number of carboxylic acid groups (broad SMARTS) is 1. The van der Waals surface area contributed by atoms with Gasteiger partial charge in [-0.2, -0.15) is 0 Å². The summed E-state index contributed by atoms with van der Waals surface area (Å²) in [5.74, 6) is -1.04. The molecule has 0 aliphatic carbocycles. The van der Waals surface area contributed by atoms with Crippen molar-refractivity contribution in [3.63, 3.8) is 0 Å². The first-order valence-electron chi connectivity index (χ1n) is 5.94. The molecule has 19 heavy (non-hydrogen) atoms. The molecule has 1 aliphatic rings. The average molecular weight is 305 g/mol. The number of nitrogens with zero attached hydrogens (tertiary/aromatic N) is 2. The fraction of sp³-hybridized carbons (Fsp3) is 0.667. The van der Waals surface area contributed by atoms with Crippen molar-refractivity contribution in [2.75, 3.05) is 18.0 Å². The van der Waals surface area contributed by atoms with Crippen LogP contribution in [-0.4, -0.2) is 40.4 Å². The number of ether oxygens (including phenoxy) is 1. The Balaban J connectivity index is 2.31. The maximum absolute atomic E-state index is 11.0. The Morgan fingerprint density at radius 3 is 2.32 bits per heavy atom. The normalized spacial score (nSPS) is 21.4. The molecule has 0 bridgehead atoms. The van der Waals surface area contributed by atoms with Crippen LogP contribution in [0.1, 0.15) is 37.4 Å². The second kappa shape index (κ2) is 4.61. The molecular formula is C12H17ClN2O3S. The first-order valence-corrected chi connectivity index (χ1v) is 7.14. The Bertz CT molecular complexity index is 497. The summed E-state index contributed by atoms with van der Waals surface area (Å²) < 4.78 is 5.98. The van der Waals surface area contributed by atoms with Crippen molar-refractivity contribution in [3.05, 3.63) is 10.0 Å². The van der Waals surface area contributed by atoms with E-state index >= 15 is 0 Å². The molecule has 0 radical (unpaired) electrons. The minimum absolute atomic E-state index is 0.0506. The Kier molecular flexibility index (Phi) is 3.53. The number of hydrogen-bond acceptors (Lipinski definition) is 5. The van der Waals surface area contributed by atoms with E-state index in [-0.39, 0.29) is 21.2 Å². The molecule has 0 amide bonds. The van der Waals surface area contributed by atoms with E-state index in [9.17, 15) is 4.79 Å². The average Bonchev–Trinajstić information content (AvgIpc) is 2.55. The summed E-state index contributed by atoms with van der Waals surface area (Å²) in [6, 6.07) is 0. The highest BCUT2D eigenvalue weighted by Crippen LogP contribution is 2.35. The van der Waals surface area contributed by atoms with Gasteiger partial charge in [0.2, 0.25) is 0 Å². The van der Waals surface area contributed by atoms with Gasteiger partial charge in [-0.15, -0.1) is 0 Å². The smallest absolute Gasteiger partial charge is 0.349 e. The first kappa shape index (κ1) is 14.6. The molecule has 7 heteroatoms. The lowest BCUT2D eigenvalue weighted by molar-refractivity contribution is -0.133. The van der Waals surface area contributed by atoms with Crippen LogP contribution in [0.25, 0.3) is 0 Å². The van der Waals surface area contributed by atoms with Crippen molar-refractivity contribution in [1.82, 2.24) is 4.98 Å². The van der Waals surface area contributed by atoms with Crippen LogP contribution in [0.5, 0.6) is 0 Å². The molecule has 106 valence electrons. The summed E-state index contributed by atoms with van der Waals surface area (Å²) in [6.45, 7) is 9.34. The van der Waals surface area contributed by atoms with Gasteiger partial charge in [0, 0.05) is 13.1 Å². The number of rotatable bonds is 2. The lowest BCUT2D eigenvalue weighted by atomic mass is 9.99. The third-order valence-electron chi connectivity index (χ3n) is 2.74. The summed E-state index contributed by atoms with van der Waals surface area (Å²) in [6.07, 6.45) is 0. The Morgan fingerprint density at radius 1 is 1.37 bits per heavy atom. The number of aromatic nitrogens is 1. The number of thiazole rings is 1. The summed E-state index contributed by atoms with van der Waals surface area (Å²) in [4.78, 5) is 17.3. The molecule has 2 rings (SSSR count). The molecule has 1 fully saturated rings. The maximum Gasteiger partial charge on any atom is 0.349 e. The molecule has 2 heterocycles. The molecule has 1 aromatic heterocycles. The van der Waals surface area contributed by atoms with E-state index in [1.54, 1.807) is 0 Å². The predicted octanol–water partition coefficient (Wildman–Crippen LogP) is 2.89. The van der Waals surface area contributed by atoms with Crippen molar-refractivity contribution < 1.29 is 14.6 Å². The number of aromatic carboxylic acids is 1. The van der Waals surface area contributed by atoms with Gasteiger partial charge < -0.3 is 14.7 Å². The van der Waals surface area contributed by atoms with Gasteiger partial charge in [0.25, 0.3) is 0 Å². The van der Waals surface area contributed by atoms with Crippen molar-refractivity contribution in [2.24, 2.45) is 0 Å². The standard InChI is InChI=1S/C12H17ClN2O3S/c1-11(2)5-15(6-12(3,4)18-11)10-14-8(13)7(19-10)9(16)17/h5-6H2,1-4H3,(H,16,17). The fourth-order valence-electron chi connectivity index (χ4n) is 2.48. The number of carbonyl (C=O) groups is 1. The number of anilines is 1. The fourth-order valence-corrected chi connectivity index (χ4v) is 3.60. The Labute approximate surface area is 121 Å². The number of hydrogen-bond donors (Lipinski definition) is 1. The highest BCUT2D eigenvalue weighted by Gasteiger charge is 2.39. The zero-order chi connectivity index (χ0) is 14.4. The first-order chi connectivity index (χ1) is 8.60. The van der Waals surface area contributed by atoms with E-state index in [0.29, 0.717) is 18.2 Å². The minimum Gasteiger partial charge on any atom is -0.477 e. The molecule has 1 aromatic rings. The van der Waals surface area contributed by atoms with E-state index < -0.39 is 5.97 Å². The maximum atomic E-state index is 11.0. The van der Waals surface area contributed by atoms with Crippen molar-refractivity contribution in [2.45, 2.75) is 38.9 Å². The van der Waals surface area contributed by atoms with Crippen LogP contribution in [0.4, 0.5) is 5.13 Å². The second-order valence-corrected chi connectivity index (χ2v) is 7.23. The zero-order valence-corrected chi connectivity index (χ0v) is 12.9. The lowest BCUT2D eigenvalue weighted by Gasteiger charge is -2.47. The molecule has 0 atom stereocenters. The van der Waals surface area contributed by atoms with Crippen LogP contribution in [0, 0.1) is 0 Å². The Morgan fingerprint density at radius 2 is 1.89 bits per heavy atom. The molecule has 1 N–H and O–H groups in total. The van der Waals surface area contributed by atoms with Gasteiger partial charge in [-0.3, -0.25) is 0 Å². The second-order valence-electron chi connectivity index (χ2n) is 5.90. The summed E-state index contributed by atoms with van der Waals surface area (Å²) in [5.41, 5.74) is -0.632. The number of carboxylic acids is 1. The van der Waals surface area contributed by atoms with Crippen LogP contribution in [-0.2, 0) is 4.74 Å². The third-order valence-corrected chi connectivity index (χ3v) is 4.22. The van der Waals surface area contributed by atoms with E-state index in [1.165, 1.54) is 0 Å². The topological polar surface area (TPSA) is 62.7 Å². The molecule has 0 unspecified atom stereocenters. The SMILES string of the molecule is CC1(C)CN(c2nc(Cl)c(C(=O)O)s2)CC(C)(C)O1. The van der Waals surface area contributed by atoms with Crippen molar-refractivity contribution >= 4 is 34.0 Å². The van der Waals surface area contributed by atoms with Gasteiger partial charge in [0.1, 0.15) is 0 Å². The molecular weight excluding hydrogens is 288 g/mol. The molecule has 5 nitrogen and oxygen atoms in total. The highest BCUT2D eigenvalue weighted by atomic mass is 35.5. The van der Waals surface area contributed by atoms with Gasteiger partial charge >= 0.3 is 5.97 Å². The third kappa shape index (κ3) is 3.19. The van der Waals surface area contributed by atoms with E-state index in [2.05, 4.69) is 4.98 Å². The lowest BCUT2D eigenvalue weighted by Crippen LogP contribution is -2.57. The van der Waals surface area contributed by atoms with Crippen LogP contribution < -0.4 is 4.90 Å². The van der Waals surface area contributed by atoms with Gasteiger partial charge in [0.05, 0.1) is 11.2 Å². The largest absolute Gasteiger partial charge is 0.477 e. The molecule has 0 spiro atoms. The molecule has 0 aromatic carbocycles. The molecule has 0 saturated carbocycles. The highest BCUT2D eigenvalue weighted by molar-refractivity contribution is 7.18. The summed E-state index contributed by atoms with van der Waals surface area (Å²) in [7, 11) is 0. The number of morpholine rings is 1. The minimum atomic E-state index is -1.04. The van der Waals surface area contributed by atoms with Gasteiger partial charge in [-0.25, -0.2) is 9.78 Å². The monoisotopic (exact) mass is 304 g/mol. The van der Waals surface area contributed by atoms with Crippen LogP contribution >= 0.6 is 22.9 Å². The van der Waals surface area contributed by atoms with Crippen molar-refractivity contribution in [3.8, 4) is 0 Å². The van der Waals surface area contributed by atoms with Crippen molar-refractivity contribution in [1.29, 1.82) is 0 Å². The quantitative estimate of drug-likeness (QED) is 0.910. The molecule has 1 saturated heterocycles. The summed E-state index contributed by atoms with van der Waals surface area (Å²) in [5, 5.41) is 9.71. The van der Waals surface area contributed by atoms with Gasteiger partial charge in [-0.05, 0) is 27.7 Å². The van der Waals surface area contributed by atoms with Gasteiger partial charge in [0.15, 0.2) is 15.2 Å². The zero-order valence-electron chi connectivity index (χ0n) is 11.4. The predicted molar refractivity (Wildman–Crippen MR) is 75.5 cm³/mol. The van der Waals surface area contributed by atoms with Crippen LogP contribution in [0.15, 0.2) is 0 Å².